The first-order chi connectivity index (χ1) is 8.74. The maximum absolute atomic E-state index is 12.2. The SMILES string of the molecule is COC(=O)C1=CC=CNC1C(=O)c1ccccn1. The molecule has 2 heterocycles. The van der Waals surface area contributed by atoms with Gasteiger partial charge in [-0.15, -0.1) is 0 Å². The molecule has 1 aliphatic rings. The van der Waals surface area contributed by atoms with Crippen LogP contribution >= 0.6 is 0 Å². The molecular formula is C13H12N2O3. The van der Waals surface area contributed by atoms with Crippen molar-refractivity contribution >= 4 is 11.8 Å². The minimum atomic E-state index is -0.752. The summed E-state index contributed by atoms with van der Waals surface area (Å²) in [5, 5.41) is 2.84. The molecule has 1 atom stereocenters. The van der Waals surface area contributed by atoms with E-state index in [2.05, 4.69) is 15.0 Å². The standard InChI is InChI=1S/C13H12N2O3/c1-18-13(17)9-5-4-8-15-11(9)12(16)10-6-2-3-7-14-10/h2-8,11,15H,1H3. The number of dihydropyridines is 1. The Labute approximate surface area is 104 Å². The maximum Gasteiger partial charge on any atom is 0.336 e. The highest BCUT2D eigenvalue weighted by Crippen LogP contribution is 2.13. The third-order valence-electron chi connectivity index (χ3n) is 2.55. The third-order valence-corrected chi connectivity index (χ3v) is 2.55. The van der Waals surface area contributed by atoms with Crippen molar-refractivity contribution in [2.75, 3.05) is 7.11 Å². The number of pyridine rings is 1. The summed E-state index contributed by atoms with van der Waals surface area (Å²) in [6.07, 6.45) is 6.35. The van der Waals surface area contributed by atoms with Crippen molar-refractivity contribution < 1.29 is 14.3 Å². The first-order valence-electron chi connectivity index (χ1n) is 5.40. The topological polar surface area (TPSA) is 68.3 Å². The molecule has 0 spiro atoms. The Hall–Kier alpha value is -2.43. The molecule has 0 amide bonds. The van der Waals surface area contributed by atoms with E-state index < -0.39 is 12.0 Å². The first-order valence-corrected chi connectivity index (χ1v) is 5.40. The number of allylic oxidation sites excluding steroid dienone is 2. The van der Waals surface area contributed by atoms with Crippen LogP contribution in [0.3, 0.4) is 0 Å². The van der Waals surface area contributed by atoms with Crippen molar-refractivity contribution in [3.05, 3.63) is 54.0 Å². The molecule has 92 valence electrons. The largest absolute Gasteiger partial charge is 0.466 e. The van der Waals surface area contributed by atoms with E-state index in [1.54, 1.807) is 36.6 Å². The fourth-order valence-corrected chi connectivity index (χ4v) is 1.67. The van der Waals surface area contributed by atoms with Crippen LogP contribution in [0.1, 0.15) is 10.5 Å². The van der Waals surface area contributed by atoms with Crippen molar-refractivity contribution in [1.82, 2.24) is 10.3 Å². The number of hydrogen-bond donors (Lipinski definition) is 1. The quantitative estimate of drug-likeness (QED) is 0.630. The van der Waals surface area contributed by atoms with E-state index in [0.717, 1.165) is 0 Å². The van der Waals surface area contributed by atoms with Gasteiger partial charge in [0.2, 0.25) is 5.78 Å². The lowest BCUT2D eigenvalue weighted by molar-refractivity contribution is -0.136. The van der Waals surface area contributed by atoms with Crippen molar-refractivity contribution in [2.45, 2.75) is 6.04 Å². The molecule has 18 heavy (non-hydrogen) atoms. The predicted octanol–water partition coefficient (Wildman–Crippen LogP) is 0.849. The summed E-state index contributed by atoms with van der Waals surface area (Å²) < 4.78 is 4.65. The van der Waals surface area contributed by atoms with Gasteiger partial charge in [0.1, 0.15) is 11.7 Å². The van der Waals surface area contributed by atoms with Gasteiger partial charge in [-0.1, -0.05) is 6.07 Å². The highest BCUT2D eigenvalue weighted by atomic mass is 16.5. The summed E-state index contributed by atoms with van der Waals surface area (Å²) in [5.41, 5.74) is 0.579. The number of Topliss-reactive ketones (excluding diaryl/α,β-unsaturated/α-hetero) is 1. The number of carbonyl (C=O) groups is 2. The number of ether oxygens (including phenoxy) is 1. The molecule has 2 rings (SSSR count). The van der Waals surface area contributed by atoms with Gasteiger partial charge in [0.05, 0.1) is 12.7 Å². The van der Waals surface area contributed by atoms with Crippen LogP contribution in [0.4, 0.5) is 0 Å². The third kappa shape index (κ3) is 2.29. The number of aromatic nitrogens is 1. The van der Waals surface area contributed by atoms with Crippen LogP contribution in [0, 0.1) is 0 Å². The number of esters is 1. The summed E-state index contributed by atoms with van der Waals surface area (Å²) in [6, 6.07) is 4.30. The summed E-state index contributed by atoms with van der Waals surface area (Å²) in [7, 11) is 1.28. The summed E-state index contributed by atoms with van der Waals surface area (Å²) in [6.45, 7) is 0. The molecule has 0 aromatic carbocycles. The molecule has 0 bridgehead atoms. The molecule has 5 heteroatoms. The average molecular weight is 244 g/mol. The van der Waals surface area contributed by atoms with E-state index in [9.17, 15) is 9.59 Å². The van der Waals surface area contributed by atoms with Crippen LogP contribution in [-0.2, 0) is 9.53 Å². The monoisotopic (exact) mass is 244 g/mol. The van der Waals surface area contributed by atoms with Gasteiger partial charge in [0, 0.05) is 6.20 Å². The van der Waals surface area contributed by atoms with Gasteiger partial charge in [-0.2, -0.15) is 0 Å². The maximum atomic E-state index is 12.2. The van der Waals surface area contributed by atoms with E-state index in [-0.39, 0.29) is 11.4 Å². The number of nitrogens with zero attached hydrogens (tertiary/aromatic N) is 1. The molecule has 5 nitrogen and oxygen atoms in total. The van der Waals surface area contributed by atoms with E-state index in [1.807, 2.05) is 0 Å². The molecule has 1 N–H and O–H groups in total. The highest BCUT2D eigenvalue weighted by Gasteiger charge is 2.29. The normalized spacial score (nSPS) is 17.6. The Morgan fingerprint density at radius 3 is 2.89 bits per heavy atom. The van der Waals surface area contributed by atoms with Crippen LogP contribution in [0.2, 0.25) is 0 Å². The number of rotatable bonds is 3. The van der Waals surface area contributed by atoms with Gasteiger partial charge in [-0.05, 0) is 30.5 Å². The second-order valence-corrected chi connectivity index (χ2v) is 3.65. The van der Waals surface area contributed by atoms with Gasteiger partial charge in [0.25, 0.3) is 0 Å². The summed E-state index contributed by atoms with van der Waals surface area (Å²) in [5.74, 6) is -0.794. The zero-order valence-electron chi connectivity index (χ0n) is 9.79. The van der Waals surface area contributed by atoms with E-state index in [1.165, 1.54) is 13.3 Å². The predicted molar refractivity (Wildman–Crippen MR) is 64.7 cm³/mol. The van der Waals surface area contributed by atoms with Gasteiger partial charge < -0.3 is 10.1 Å². The van der Waals surface area contributed by atoms with Gasteiger partial charge in [-0.3, -0.25) is 9.78 Å². The molecule has 1 unspecified atom stereocenters. The molecule has 0 aliphatic carbocycles. The van der Waals surface area contributed by atoms with E-state index in [4.69, 9.17) is 0 Å². The van der Waals surface area contributed by atoms with Gasteiger partial charge in [0.15, 0.2) is 0 Å². The smallest absolute Gasteiger partial charge is 0.336 e. The molecule has 0 saturated heterocycles. The van der Waals surface area contributed by atoms with Crippen molar-refractivity contribution in [3.63, 3.8) is 0 Å². The Kier molecular flexibility index (Phi) is 3.52. The second-order valence-electron chi connectivity index (χ2n) is 3.65. The number of ketones is 1. The Morgan fingerprint density at radius 2 is 2.22 bits per heavy atom. The molecule has 1 aliphatic heterocycles. The Morgan fingerprint density at radius 1 is 1.39 bits per heavy atom. The van der Waals surface area contributed by atoms with Crippen LogP contribution in [0.25, 0.3) is 0 Å². The van der Waals surface area contributed by atoms with Crippen LogP contribution in [0.15, 0.2) is 48.3 Å². The van der Waals surface area contributed by atoms with E-state index in [0.29, 0.717) is 5.69 Å². The number of carbonyl (C=O) groups excluding carboxylic acids is 2. The zero-order valence-corrected chi connectivity index (χ0v) is 9.79. The summed E-state index contributed by atoms with van der Waals surface area (Å²) >= 11 is 0. The lowest BCUT2D eigenvalue weighted by atomic mass is 9.98. The Bertz CT molecular complexity index is 520. The lowest BCUT2D eigenvalue weighted by Crippen LogP contribution is -2.40. The zero-order chi connectivity index (χ0) is 13.0. The number of nitrogens with one attached hydrogen (secondary N) is 1. The summed E-state index contributed by atoms with van der Waals surface area (Å²) in [4.78, 5) is 27.8. The Balaban J connectivity index is 2.28. The van der Waals surface area contributed by atoms with Crippen LogP contribution in [0.5, 0.6) is 0 Å². The van der Waals surface area contributed by atoms with Crippen molar-refractivity contribution in [1.29, 1.82) is 0 Å². The number of hydrogen-bond acceptors (Lipinski definition) is 5. The van der Waals surface area contributed by atoms with E-state index >= 15 is 0 Å². The van der Waals surface area contributed by atoms with Gasteiger partial charge in [-0.25, -0.2) is 4.79 Å². The molecule has 0 fully saturated rings. The van der Waals surface area contributed by atoms with Crippen LogP contribution < -0.4 is 5.32 Å². The molecule has 0 radical (unpaired) electrons. The molecular weight excluding hydrogens is 232 g/mol. The van der Waals surface area contributed by atoms with Crippen molar-refractivity contribution in [2.24, 2.45) is 0 Å². The minimum absolute atomic E-state index is 0.267. The number of methoxy groups -OCH3 is 1. The van der Waals surface area contributed by atoms with Crippen molar-refractivity contribution in [3.8, 4) is 0 Å². The van der Waals surface area contributed by atoms with Crippen LogP contribution in [-0.4, -0.2) is 29.9 Å². The molecule has 1 aromatic heterocycles. The first kappa shape index (κ1) is 12.0. The average Bonchev–Trinajstić information content (AvgIpc) is 2.46. The second kappa shape index (κ2) is 5.27. The molecule has 0 saturated carbocycles. The molecule has 1 aromatic rings. The fraction of sp³-hybridized carbons (Fsp3) is 0.154. The minimum Gasteiger partial charge on any atom is -0.466 e. The van der Waals surface area contributed by atoms with Gasteiger partial charge >= 0.3 is 5.97 Å². The lowest BCUT2D eigenvalue weighted by Gasteiger charge is -2.20. The highest BCUT2D eigenvalue weighted by molar-refractivity contribution is 6.07. The fourth-order valence-electron chi connectivity index (χ4n) is 1.67.